The van der Waals surface area contributed by atoms with Crippen molar-refractivity contribution in [3.63, 3.8) is 0 Å². The van der Waals surface area contributed by atoms with Crippen LogP contribution in [0.5, 0.6) is 0 Å². The van der Waals surface area contributed by atoms with Crippen LogP contribution in [0.4, 0.5) is 0 Å². The Morgan fingerprint density at radius 1 is 0.737 bits per heavy atom. The van der Waals surface area contributed by atoms with E-state index in [-0.39, 0.29) is 0 Å². The Hall–Kier alpha value is -2.55. The molecule has 19 heavy (non-hydrogen) atoms. The second-order valence-corrected chi connectivity index (χ2v) is 4.28. The van der Waals surface area contributed by atoms with Gasteiger partial charge in [0.1, 0.15) is 5.82 Å². The molecule has 2 heterocycles. The van der Waals surface area contributed by atoms with Crippen molar-refractivity contribution in [2.24, 2.45) is 0 Å². The van der Waals surface area contributed by atoms with Crippen LogP contribution in [0, 0.1) is 6.92 Å². The summed E-state index contributed by atoms with van der Waals surface area (Å²) in [6.07, 6.45) is 3.59. The maximum absolute atomic E-state index is 4.44. The average molecular weight is 247 g/mol. The summed E-state index contributed by atoms with van der Waals surface area (Å²) in [5.74, 6) is 0.774. The summed E-state index contributed by atoms with van der Waals surface area (Å²) in [5.41, 5.74) is 4.04. The molecule has 0 bridgehead atoms. The summed E-state index contributed by atoms with van der Waals surface area (Å²) < 4.78 is 0. The maximum atomic E-state index is 4.44. The molecule has 3 rings (SSSR count). The molecule has 0 N–H and O–H groups in total. The Kier molecular flexibility index (Phi) is 3.02. The molecule has 0 aliphatic carbocycles. The molecular formula is C16H13N3. The quantitative estimate of drug-likeness (QED) is 0.695. The van der Waals surface area contributed by atoms with Crippen molar-refractivity contribution >= 4 is 0 Å². The molecule has 0 radical (unpaired) electrons. The van der Waals surface area contributed by atoms with E-state index in [0.29, 0.717) is 0 Å². The van der Waals surface area contributed by atoms with E-state index in [0.717, 1.165) is 28.3 Å². The third-order valence-corrected chi connectivity index (χ3v) is 2.90. The smallest absolute Gasteiger partial charge is 0.125 e. The average Bonchev–Trinajstić information content (AvgIpc) is 2.48. The molecule has 3 nitrogen and oxygen atoms in total. The fourth-order valence-electron chi connectivity index (χ4n) is 1.97. The molecule has 0 unspecified atom stereocenters. The van der Waals surface area contributed by atoms with Gasteiger partial charge in [-0.25, -0.2) is 9.97 Å². The summed E-state index contributed by atoms with van der Waals surface area (Å²) in [5, 5.41) is 0. The van der Waals surface area contributed by atoms with E-state index >= 15 is 0 Å². The molecule has 0 aliphatic rings. The Bertz CT molecular complexity index is 693. The summed E-state index contributed by atoms with van der Waals surface area (Å²) in [6, 6.07) is 16.1. The van der Waals surface area contributed by atoms with Gasteiger partial charge in [0.25, 0.3) is 0 Å². The normalized spacial score (nSPS) is 10.4. The van der Waals surface area contributed by atoms with Crippen LogP contribution in [0.3, 0.4) is 0 Å². The zero-order valence-electron chi connectivity index (χ0n) is 10.6. The van der Waals surface area contributed by atoms with Crippen LogP contribution in [0.2, 0.25) is 0 Å². The lowest BCUT2D eigenvalue weighted by molar-refractivity contribution is 1.06. The van der Waals surface area contributed by atoms with Crippen LogP contribution in [-0.4, -0.2) is 15.0 Å². The number of pyridine rings is 1. The van der Waals surface area contributed by atoms with Crippen molar-refractivity contribution in [3.05, 3.63) is 66.7 Å². The Morgan fingerprint density at radius 3 is 2.32 bits per heavy atom. The molecule has 3 aromatic rings. The van der Waals surface area contributed by atoms with E-state index in [4.69, 9.17) is 0 Å². The van der Waals surface area contributed by atoms with Gasteiger partial charge in [-0.1, -0.05) is 30.3 Å². The van der Waals surface area contributed by atoms with E-state index in [1.807, 2.05) is 43.5 Å². The van der Waals surface area contributed by atoms with E-state index in [1.54, 1.807) is 6.20 Å². The number of aryl methyl sites for hydroxylation is 1. The van der Waals surface area contributed by atoms with Gasteiger partial charge in [0, 0.05) is 23.5 Å². The molecule has 0 amide bonds. The number of benzene rings is 1. The number of rotatable bonds is 2. The highest BCUT2D eigenvalue weighted by molar-refractivity contribution is 5.67. The van der Waals surface area contributed by atoms with Crippen molar-refractivity contribution in [3.8, 4) is 22.5 Å². The van der Waals surface area contributed by atoms with E-state index in [1.165, 1.54) is 0 Å². The maximum Gasteiger partial charge on any atom is 0.125 e. The number of aromatic nitrogens is 3. The monoisotopic (exact) mass is 247 g/mol. The second-order valence-electron chi connectivity index (χ2n) is 4.28. The highest BCUT2D eigenvalue weighted by Crippen LogP contribution is 2.22. The molecule has 0 atom stereocenters. The lowest BCUT2D eigenvalue weighted by atomic mass is 10.1. The van der Waals surface area contributed by atoms with Crippen molar-refractivity contribution in [1.29, 1.82) is 0 Å². The van der Waals surface area contributed by atoms with Gasteiger partial charge in [-0.05, 0) is 25.1 Å². The highest BCUT2D eigenvalue weighted by Gasteiger charge is 2.03. The zero-order valence-corrected chi connectivity index (χ0v) is 10.6. The van der Waals surface area contributed by atoms with Gasteiger partial charge < -0.3 is 0 Å². The van der Waals surface area contributed by atoms with Gasteiger partial charge in [0.05, 0.1) is 11.4 Å². The van der Waals surface area contributed by atoms with Crippen LogP contribution < -0.4 is 0 Å². The van der Waals surface area contributed by atoms with E-state index in [2.05, 4.69) is 33.2 Å². The van der Waals surface area contributed by atoms with Gasteiger partial charge in [-0.3, -0.25) is 4.98 Å². The molecule has 3 heteroatoms. The Morgan fingerprint density at radius 2 is 1.53 bits per heavy atom. The third-order valence-electron chi connectivity index (χ3n) is 2.90. The first-order valence-electron chi connectivity index (χ1n) is 6.14. The molecule has 0 spiro atoms. The van der Waals surface area contributed by atoms with Gasteiger partial charge in [-0.2, -0.15) is 0 Å². The lowest BCUT2D eigenvalue weighted by Crippen LogP contribution is -1.91. The molecule has 0 saturated carbocycles. The first kappa shape index (κ1) is 11.5. The van der Waals surface area contributed by atoms with E-state index in [9.17, 15) is 0 Å². The SMILES string of the molecule is Cc1nccc(-c2ccnc(-c3ccccc3)c2)n1. The second kappa shape index (κ2) is 4.98. The van der Waals surface area contributed by atoms with Crippen molar-refractivity contribution in [2.75, 3.05) is 0 Å². The number of hydrogen-bond acceptors (Lipinski definition) is 3. The molecule has 1 aromatic carbocycles. The largest absolute Gasteiger partial charge is 0.256 e. The molecular weight excluding hydrogens is 234 g/mol. The summed E-state index contributed by atoms with van der Waals surface area (Å²) in [4.78, 5) is 13.0. The molecule has 2 aromatic heterocycles. The van der Waals surface area contributed by atoms with Crippen LogP contribution in [0.1, 0.15) is 5.82 Å². The van der Waals surface area contributed by atoms with Crippen molar-refractivity contribution in [2.45, 2.75) is 6.92 Å². The third kappa shape index (κ3) is 2.50. The van der Waals surface area contributed by atoms with Gasteiger partial charge in [0.15, 0.2) is 0 Å². The lowest BCUT2D eigenvalue weighted by Gasteiger charge is -2.04. The predicted molar refractivity (Wildman–Crippen MR) is 75.4 cm³/mol. The standard InChI is InChI=1S/C16H13N3/c1-12-17-10-8-15(19-12)14-7-9-18-16(11-14)13-5-3-2-4-6-13/h2-11H,1H3. The molecule has 0 saturated heterocycles. The minimum atomic E-state index is 0.774. The number of hydrogen-bond donors (Lipinski definition) is 0. The van der Waals surface area contributed by atoms with Crippen LogP contribution in [0.15, 0.2) is 60.9 Å². The highest BCUT2D eigenvalue weighted by atomic mass is 14.9. The summed E-state index contributed by atoms with van der Waals surface area (Å²) >= 11 is 0. The fraction of sp³-hybridized carbons (Fsp3) is 0.0625. The Balaban J connectivity index is 2.06. The number of nitrogens with zero attached hydrogens (tertiary/aromatic N) is 3. The summed E-state index contributed by atoms with van der Waals surface area (Å²) in [7, 11) is 0. The molecule has 92 valence electrons. The minimum Gasteiger partial charge on any atom is -0.256 e. The first-order chi connectivity index (χ1) is 9.33. The van der Waals surface area contributed by atoms with Crippen molar-refractivity contribution in [1.82, 2.24) is 15.0 Å². The Labute approximate surface area is 112 Å². The molecule has 0 fully saturated rings. The molecule has 0 aliphatic heterocycles. The minimum absolute atomic E-state index is 0.774. The summed E-state index contributed by atoms with van der Waals surface area (Å²) in [6.45, 7) is 1.89. The van der Waals surface area contributed by atoms with Gasteiger partial charge in [-0.15, -0.1) is 0 Å². The van der Waals surface area contributed by atoms with Crippen LogP contribution in [0.25, 0.3) is 22.5 Å². The predicted octanol–water partition coefficient (Wildman–Crippen LogP) is 3.51. The van der Waals surface area contributed by atoms with Crippen LogP contribution >= 0.6 is 0 Å². The topological polar surface area (TPSA) is 38.7 Å². The zero-order chi connectivity index (χ0) is 13.1. The fourth-order valence-corrected chi connectivity index (χ4v) is 1.97. The van der Waals surface area contributed by atoms with Gasteiger partial charge in [0.2, 0.25) is 0 Å². The van der Waals surface area contributed by atoms with E-state index < -0.39 is 0 Å². The first-order valence-corrected chi connectivity index (χ1v) is 6.14. The van der Waals surface area contributed by atoms with Crippen LogP contribution in [-0.2, 0) is 0 Å². The van der Waals surface area contributed by atoms with Gasteiger partial charge >= 0.3 is 0 Å². The van der Waals surface area contributed by atoms with Crippen molar-refractivity contribution < 1.29 is 0 Å².